The van der Waals surface area contributed by atoms with Crippen LogP contribution < -0.4 is 10.2 Å². The molecule has 1 aliphatic heterocycles. The highest BCUT2D eigenvalue weighted by Crippen LogP contribution is 2.27. The van der Waals surface area contributed by atoms with Crippen LogP contribution in [0.5, 0.6) is 5.75 Å². The summed E-state index contributed by atoms with van der Waals surface area (Å²) in [4.78, 5) is 11.9. The van der Waals surface area contributed by atoms with E-state index in [1.165, 1.54) is 29.7 Å². The van der Waals surface area contributed by atoms with Gasteiger partial charge in [0, 0.05) is 11.6 Å². The molecule has 2 unspecified atom stereocenters. The quantitative estimate of drug-likeness (QED) is 0.467. The summed E-state index contributed by atoms with van der Waals surface area (Å²) in [6, 6.07) is 11.8. The molecule has 3 rings (SSSR count). The number of nitrogens with zero attached hydrogens (tertiary/aromatic N) is 1. The van der Waals surface area contributed by atoms with Crippen molar-refractivity contribution in [3.8, 4) is 5.75 Å². The van der Waals surface area contributed by atoms with Crippen LogP contribution in [0.15, 0.2) is 53.4 Å². The number of rotatable bonds is 6. The number of carbonyl (C=O) groups is 1. The first-order valence-electron chi connectivity index (χ1n) is 8.92. The number of piperidine rings is 1. The van der Waals surface area contributed by atoms with Gasteiger partial charge in [-0.1, -0.05) is 23.7 Å². The molecular weight excluding hydrogens is 420 g/mol. The molecule has 1 aliphatic rings. The number of halogens is 1. The van der Waals surface area contributed by atoms with E-state index in [-0.39, 0.29) is 24.3 Å². The molecule has 3 N–H and O–H groups in total. The van der Waals surface area contributed by atoms with Crippen molar-refractivity contribution in [2.45, 2.75) is 36.5 Å². The van der Waals surface area contributed by atoms with Gasteiger partial charge < -0.3 is 9.84 Å². The number of aliphatic hydroxyl groups is 1. The number of nitrogens with one attached hydrogen (secondary N) is 1. The van der Waals surface area contributed by atoms with E-state index in [4.69, 9.17) is 21.5 Å². The highest BCUT2D eigenvalue weighted by atomic mass is 35.5. The van der Waals surface area contributed by atoms with Crippen molar-refractivity contribution in [1.82, 2.24) is 9.79 Å². The van der Waals surface area contributed by atoms with E-state index in [1.54, 1.807) is 12.1 Å². The van der Waals surface area contributed by atoms with Gasteiger partial charge in [-0.2, -0.15) is 4.31 Å². The third-order valence-electron chi connectivity index (χ3n) is 4.69. The SMILES string of the molecule is O=C(NO)C1CC(O)CCN1S(=O)(=O)c1ccc(OCc2ccc(Cl)cc2)cc1. The molecule has 156 valence electrons. The van der Waals surface area contributed by atoms with Crippen LogP contribution in [0.25, 0.3) is 0 Å². The zero-order valence-electron chi connectivity index (χ0n) is 15.4. The normalized spacial score (nSPS) is 20.2. The van der Waals surface area contributed by atoms with Gasteiger partial charge in [-0.15, -0.1) is 0 Å². The summed E-state index contributed by atoms with van der Waals surface area (Å²) < 4.78 is 32.6. The highest BCUT2D eigenvalue weighted by molar-refractivity contribution is 7.89. The molecule has 0 aliphatic carbocycles. The van der Waals surface area contributed by atoms with Crippen molar-refractivity contribution in [2.75, 3.05) is 6.54 Å². The average molecular weight is 441 g/mol. The average Bonchev–Trinajstić information content (AvgIpc) is 2.72. The first-order valence-corrected chi connectivity index (χ1v) is 10.7. The standard InChI is InChI=1S/C19H21ClN2O6S/c20-14-3-1-13(2-4-14)12-28-16-5-7-17(8-6-16)29(26,27)22-10-9-15(23)11-18(22)19(24)21-25/h1-8,15,18,23,25H,9-12H2,(H,21,24). The second-order valence-electron chi connectivity index (χ2n) is 6.67. The molecule has 0 spiro atoms. The summed E-state index contributed by atoms with van der Waals surface area (Å²) in [5, 5.41) is 19.3. The van der Waals surface area contributed by atoms with Gasteiger partial charge in [0.05, 0.1) is 11.0 Å². The van der Waals surface area contributed by atoms with Crippen LogP contribution in [0.2, 0.25) is 5.02 Å². The van der Waals surface area contributed by atoms with Gasteiger partial charge in [0.25, 0.3) is 5.91 Å². The Balaban J connectivity index is 1.73. The number of carbonyl (C=O) groups excluding carboxylic acids is 1. The first kappa shape index (κ1) is 21.5. The number of hydroxylamine groups is 1. The van der Waals surface area contributed by atoms with Crippen molar-refractivity contribution in [1.29, 1.82) is 0 Å². The predicted octanol–water partition coefficient (Wildman–Crippen LogP) is 1.94. The minimum absolute atomic E-state index is 0.0107. The molecule has 1 amide bonds. The van der Waals surface area contributed by atoms with Gasteiger partial charge in [-0.3, -0.25) is 10.0 Å². The third-order valence-corrected chi connectivity index (χ3v) is 6.86. The van der Waals surface area contributed by atoms with Crippen LogP contribution in [0.4, 0.5) is 0 Å². The highest BCUT2D eigenvalue weighted by Gasteiger charge is 2.40. The maximum atomic E-state index is 13.0. The maximum Gasteiger partial charge on any atom is 0.261 e. The molecule has 8 nitrogen and oxygen atoms in total. The van der Waals surface area contributed by atoms with Gasteiger partial charge in [-0.25, -0.2) is 13.9 Å². The second-order valence-corrected chi connectivity index (χ2v) is 9.00. The predicted molar refractivity (Wildman–Crippen MR) is 105 cm³/mol. The molecule has 2 atom stereocenters. The molecule has 29 heavy (non-hydrogen) atoms. The van der Waals surface area contributed by atoms with E-state index in [0.717, 1.165) is 9.87 Å². The molecule has 0 aromatic heterocycles. The van der Waals surface area contributed by atoms with Gasteiger partial charge in [0.1, 0.15) is 18.4 Å². The fraction of sp³-hybridized carbons (Fsp3) is 0.316. The Bertz CT molecular complexity index is 950. The molecular formula is C19H21ClN2O6S. The summed E-state index contributed by atoms with van der Waals surface area (Å²) in [5.41, 5.74) is 2.38. The Morgan fingerprint density at radius 2 is 1.83 bits per heavy atom. The number of aliphatic hydroxyl groups excluding tert-OH is 1. The van der Waals surface area contributed by atoms with Crippen molar-refractivity contribution < 1.29 is 28.3 Å². The Labute approximate surface area is 173 Å². The van der Waals surface area contributed by atoms with Crippen LogP contribution in [0.3, 0.4) is 0 Å². The van der Waals surface area contributed by atoms with Gasteiger partial charge in [-0.05, 0) is 54.8 Å². The van der Waals surface area contributed by atoms with Crippen molar-refractivity contribution in [2.24, 2.45) is 0 Å². The van der Waals surface area contributed by atoms with Crippen LogP contribution in [-0.4, -0.2) is 47.6 Å². The summed E-state index contributed by atoms with van der Waals surface area (Å²) in [7, 11) is -4.00. The monoisotopic (exact) mass is 440 g/mol. The minimum atomic E-state index is -4.00. The van der Waals surface area contributed by atoms with Crippen LogP contribution >= 0.6 is 11.6 Å². The molecule has 0 saturated carbocycles. The summed E-state index contributed by atoms with van der Waals surface area (Å²) in [6.07, 6.45) is -0.697. The Kier molecular flexibility index (Phi) is 6.76. The number of hydrogen-bond donors (Lipinski definition) is 3. The zero-order valence-corrected chi connectivity index (χ0v) is 16.9. The lowest BCUT2D eigenvalue weighted by atomic mass is 10.0. The van der Waals surface area contributed by atoms with Gasteiger partial charge in [0.2, 0.25) is 10.0 Å². The van der Waals surface area contributed by atoms with E-state index in [2.05, 4.69) is 0 Å². The van der Waals surface area contributed by atoms with E-state index in [1.807, 2.05) is 12.1 Å². The van der Waals surface area contributed by atoms with Crippen molar-refractivity contribution in [3.63, 3.8) is 0 Å². The van der Waals surface area contributed by atoms with E-state index < -0.39 is 28.1 Å². The third kappa shape index (κ3) is 5.06. The molecule has 2 aromatic carbocycles. The number of benzene rings is 2. The maximum absolute atomic E-state index is 13.0. The lowest BCUT2D eigenvalue weighted by Gasteiger charge is -2.35. The minimum Gasteiger partial charge on any atom is -0.489 e. The first-order chi connectivity index (χ1) is 13.8. The smallest absolute Gasteiger partial charge is 0.261 e. The zero-order chi connectivity index (χ0) is 21.0. The largest absolute Gasteiger partial charge is 0.489 e. The van der Waals surface area contributed by atoms with E-state index in [9.17, 15) is 18.3 Å². The fourth-order valence-corrected chi connectivity index (χ4v) is 4.86. The van der Waals surface area contributed by atoms with E-state index in [0.29, 0.717) is 17.4 Å². The number of amides is 1. The van der Waals surface area contributed by atoms with Gasteiger partial charge in [0.15, 0.2) is 0 Å². The van der Waals surface area contributed by atoms with Crippen molar-refractivity contribution in [3.05, 3.63) is 59.1 Å². The van der Waals surface area contributed by atoms with Crippen LogP contribution in [0.1, 0.15) is 18.4 Å². The summed E-state index contributed by atoms with van der Waals surface area (Å²) in [5.74, 6) is -0.395. The molecule has 10 heteroatoms. The van der Waals surface area contributed by atoms with Crippen molar-refractivity contribution >= 4 is 27.5 Å². The lowest BCUT2D eigenvalue weighted by Crippen LogP contribution is -2.54. The number of hydrogen-bond acceptors (Lipinski definition) is 6. The Hall–Kier alpha value is -2.17. The molecule has 1 fully saturated rings. The fourth-order valence-electron chi connectivity index (χ4n) is 3.12. The molecule has 0 bridgehead atoms. The number of ether oxygens (including phenoxy) is 1. The molecule has 1 heterocycles. The lowest BCUT2D eigenvalue weighted by molar-refractivity contribution is -0.135. The van der Waals surface area contributed by atoms with Crippen LogP contribution in [-0.2, 0) is 21.4 Å². The topological polar surface area (TPSA) is 116 Å². The molecule has 2 aromatic rings. The Morgan fingerprint density at radius 1 is 1.17 bits per heavy atom. The number of sulfonamides is 1. The van der Waals surface area contributed by atoms with E-state index >= 15 is 0 Å². The van der Waals surface area contributed by atoms with Gasteiger partial charge >= 0.3 is 0 Å². The summed E-state index contributed by atoms with van der Waals surface area (Å²) in [6.45, 7) is 0.266. The second kappa shape index (κ2) is 9.10. The molecule has 1 saturated heterocycles. The Morgan fingerprint density at radius 3 is 2.45 bits per heavy atom. The van der Waals surface area contributed by atoms with Crippen LogP contribution in [0, 0.1) is 0 Å². The molecule has 0 radical (unpaired) electrons. The summed E-state index contributed by atoms with van der Waals surface area (Å²) >= 11 is 5.85.